The van der Waals surface area contributed by atoms with Crippen LogP contribution in [-0.2, 0) is 6.42 Å². The fourth-order valence-electron chi connectivity index (χ4n) is 1.44. The molecule has 0 aliphatic carbocycles. The van der Waals surface area contributed by atoms with E-state index in [1.54, 1.807) is 24.4 Å². The van der Waals surface area contributed by atoms with E-state index in [2.05, 4.69) is 9.97 Å². The summed E-state index contributed by atoms with van der Waals surface area (Å²) >= 11 is 12.2. The lowest BCUT2D eigenvalue weighted by Gasteiger charge is -2.07. The molecule has 2 aromatic rings. The maximum absolute atomic E-state index is 6.08. The SMILES string of the molecule is Cc1cnc(Cc2c(Cl)cccc2Cl)nc1N. The van der Waals surface area contributed by atoms with Gasteiger partial charge in [-0.1, -0.05) is 29.3 Å². The number of hydrogen-bond acceptors (Lipinski definition) is 3. The molecule has 0 bridgehead atoms. The molecule has 0 saturated heterocycles. The van der Waals surface area contributed by atoms with E-state index >= 15 is 0 Å². The first-order valence-electron chi connectivity index (χ1n) is 5.09. The van der Waals surface area contributed by atoms with Crippen molar-refractivity contribution in [2.75, 3.05) is 5.73 Å². The normalized spacial score (nSPS) is 10.5. The number of rotatable bonds is 2. The Kier molecular flexibility index (Phi) is 3.50. The summed E-state index contributed by atoms with van der Waals surface area (Å²) in [5, 5.41) is 1.22. The van der Waals surface area contributed by atoms with Crippen LogP contribution in [0.1, 0.15) is 17.0 Å². The van der Waals surface area contributed by atoms with Crippen LogP contribution in [0.25, 0.3) is 0 Å². The van der Waals surface area contributed by atoms with Gasteiger partial charge in [0.1, 0.15) is 11.6 Å². The third-order valence-corrected chi connectivity index (χ3v) is 3.17. The van der Waals surface area contributed by atoms with Crippen molar-refractivity contribution in [1.82, 2.24) is 9.97 Å². The Hall–Kier alpha value is -1.32. The highest BCUT2D eigenvalue weighted by molar-refractivity contribution is 6.36. The largest absolute Gasteiger partial charge is 0.383 e. The molecule has 0 radical (unpaired) electrons. The maximum Gasteiger partial charge on any atom is 0.135 e. The smallest absolute Gasteiger partial charge is 0.135 e. The fourth-order valence-corrected chi connectivity index (χ4v) is 1.97. The highest BCUT2D eigenvalue weighted by Gasteiger charge is 2.09. The summed E-state index contributed by atoms with van der Waals surface area (Å²) in [4.78, 5) is 8.41. The minimum Gasteiger partial charge on any atom is -0.383 e. The number of hydrogen-bond donors (Lipinski definition) is 1. The Morgan fingerprint density at radius 3 is 2.47 bits per heavy atom. The number of aromatic nitrogens is 2. The number of benzene rings is 1. The number of nitrogens with two attached hydrogens (primary N) is 1. The zero-order chi connectivity index (χ0) is 12.4. The van der Waals surface area contributed by atoms with Gasteiger partial charge in [-0.05, 0) is 24.6 Å². The third-order valence-electron chi connectivity index (χ3n) is 2.46. The molecule has 0 aliphatic heterocycles. The first kappa shape index (κ1) is 12.1. The van der Waals surface area contributed by atoms with Crippen LogP contribution in [0.5, 0.6) is 0 Å². The van der Waals surface area contributed by atoms with E-state index in [0.717, 1.165) is 11.1 Å². The van der Waals surface area contributed by atoms with Crippen molar-refractivity contribution in [3.05, 3.63) is 51.4 Å². The number of nitrogen functional groups attached to an aromatic ring is 1. The Bertz CT molecular complexity index is 535. The van der Waals surface area contributed by atoms with Crippen LogP contribution in [0.3, 0.4) is 0 Å². The van der Waals surface area contributed by atoms with Crippen molar-refractivity contribution in [3.8, 4) is 0 Å². The molecule has 88 valence electrons. The molecule has 2 rings (SSSR count). The lowest BCUT2D eigenvalue weighted by molar-refractivity contribution is 0.963. The minimum atomic E-state index is 0.475. The number of anilines is 1. The van der Waals surface area contributed by atoms with Crippen LogP contribution in [-0.4, -0.2) is 9.97 Å². The first-order valence-corrected chi connectivity index (χ1v) is 5.84. The van der Waals surface area contributed by atoms with Crippen molar-refractivity contribution in [2.45, 2.75) is 13.3 Å². The van der Waals surface area contributed by atoms with Crippen LogP contribution < -0.4 is 5.73 Å². The van der Waals surface area contributed by atoms with E-state index in [1.165, 1.54) is 0 Å². The van der Waals surface area contributed by atoms with E-state index in [-0.39, 0.29) is 0 Å². The van der Waals surface area contributed by atoms with Gasteiger partial charge in [-0.15, -0.1) is 0 Å². The molecule has 1 heterocycles. The monoisotopic (exact) mass is 267 g/mol. The van der Waals surface area contributed by atoms with E-state index in [9.17, 15) is 0 Å². The van der Waals surface area contributed by atoms with Gasteiger partial charge in [0.05, 0.1) is 0 Å². The Morgan fingerprint density at radius 1 is 1.24 bits per heavy atom. The molecule has 0 saturated carbocycles. The number of nitrogens with zero attached hydrogens (tertiary/aromatic N) is 2. The predicted molar refractivity (Wildman–Crippen MR) is 70.4 cm³/mol. The van der Waals surface area contributed by atoms with Crippen molar-refractivity contribution >= 4 is 29.0 Å². The maximum atomic E-state index is 6.08. The lowest BCUT2D eigenvalue weighted by atomic mass is 10.1. The van der Waals surface area contributed by atoms with Gasteiger partial charge in [-0.3, -0.25) is 0 Å². The summed E-state index contributed by atoms with van der Waals surface area (Å²) in [6.07, 6.45) is 2.17. The molecule has 0 fully saturated rings. The van der Waals surface area contributed by atoms with Gasteiger partial charge in [0.15, 0.2) is 0 Å². The fraction of sp³-hybridized carbons (Fsp3) is 0.167. The average Bonchev–Trinajstić information content (AvgIpc) is 2.28. The second-order valence-corrected chi connectivity index (χ2v) is 4.55. The highest BCUT2D eigenvalue weighted by Crippen LogP contribution is 2.26. The topological polar surface area (TPSA) is 51.8 Å². The number of halogens is 2. The zero-order valence-electron chi connectivity index (χ0n) is 9.24. The summed E-state index contributed by atoms with van der Waals surface area (Å²) < 4.78 is 0. The van der Waals surface area contributed by atoms with Gasteiger partial charge in [-0.25, -0.2) is 9.97 Å². The molecule has 0 atom stereocenters. The molecule has 1 aromatic heterocycles. The van der Waals surface area contributed by atoms with Crippen molar-refractivity contribution in [1.29, 1.82) is 0 Å². The second-order valence-electron chi connectivity index (χ2n) is 3.73. The third kappa shape index (κ3) is 2.68. The van der Waals surface area contributed by atoms with E-state index in [4.69, 9.17) is 28.9 Å². The van der Waals surface area contributed by atoms with Gasteiger partial charge in [0, 0.05) is 28.2 Å². The summed E-state index contributed by atoms with van der Waals surface area (Å²) in [6.45, 7) is 1.86. The lowest BCUT2D eigenvalue weighted by Crippen LogP contribution is -2.03. The minimum absolute atomic E-state index is 0.475. The molecular weight excluding hydrogens is 257 g/mol. The van der Waals surface area contributed by atoms with Crippen LogP contribution >= 0.6 is 23.2 Å². The van der Waals surface area contributed by atoms with Crippen LogP contribution in [0.4, 0.5) is 5.82 Å². The Balaban J connectivity index is 2.35. The van der Waals surface area contributed by atoms with Crippen molar-refractivity contribution < 1.29 is 0 Å². The summed E-state index contributed by atoms with van der Waals surface area (Å²) in [6, 6.07) is 5.39. The van der Waals surface area contributed by atoms with Gasteiger partial charge in [0.2, 0.25) is 0 Å². The molecule has 2 N–H and O–H groups in total. The molecule has 0 unspecified atom stereocenters. The van der Waals surface area contributed by atoms with Gasteiger partial charge in [0.25, 0.3) is 0 Å². The van der Waals surface area contributed by atoms with Crippen LogP contribution in [0.2, 0.25) is 10.0 Å². The quantitative estimate of drug-likeness (QED) is 0.909. The highest BCUT2D eigenvalue weighted by atomic mass is 35.5. The van der Waals surface area contributed by atoms with Crippen molar-refractivity contribution in [2.24, 2.45) is 0 Å². The molecule has 1 aromatic carbocycles. The molecule has 0 amide bonds. The summed E-state index contributed by atoms with van der Waals surface area (Å²) in [7, 11) is 0. The zero-order valence-corrected chi connectivity index (χ0v) is 10.8. The van der Waals surface area contributed by atoms with Gasteiger partial charge < -0.3 is 5.73 Å². The number of aryl methyl sites for hydroxylation is 1. The molecule has 5 heteroatoms. The summed E-state index contributed by atoms with van der Waals surface area (Å²) in [5.41, 5.74) is 7.41. The van der Waals surface area contributed by atoms with E-state index < -0.39 is 0 Å². The predicted octanol–water partition coefficient (Wildman–Crippen LogP) is 3.26. The van der Waals surface area contributed by atoms with E-state index in [1.807, 2.05) is 6.92 Å². The molecular formula is C12H11Cl2N3. The molecule has 17 heavy (non-hydrogen) atoms. The molecule has 0 spiro atoms. The first-order chi connectivity index (χ1) is 8.08. The molecule has 0 aliphatic rings. The van der Waals surface area contributed by atoms with Crippen molar-refractivity contribution in [3.63, 3.8) is 0 Å². The van der Waals surface area contributed by atoms with Gasteiger partial charge >= 0.3 is 0 Å². The molecule has 3 nitrogen and oxygen atoms in total. The Morgan fingerprint density at radius 2 is 1.88 bits per heavy atom. The Labute approximate surface area is 110 Å². The average molecular weight is 268 g/mol. The van der Waals surface area contributed by atoms with Crippen LogP contribution in [0.15, 0.2) is 24.4 Å². The van der Waals surface area contributed by atoms with Crippen LogP contribution in [0, 0.1) is 6.92 Å². The standard InChI is InChI=1S/C12H11Cl2N3/c1-7-6-16-11(17-12(7)15)5-8-9(13)3-2-4-10(8)14/h2-4,6H,5H2,1H3,(H2,15,16,17). The van der Waals surface area contributed by atoms with E-state index in [0.29, 0.717) is 28.1 Å². The second kappa shape index (κ2) is 4.90. The summed E-state index contributed by atoms with van der Waals surface area (Å²) in [5.74, 6) is 1.10. The van der Waals surface area contributed by atoms with Gasteiger partial charge in [-0.2, -0.15) is 0 Å².